The molecule has 1 aromatic carbocycles. The highest BCUT2D eigenvalue weighted by atomic mass is 16.5. The molecule has 106 valence electrons. The van der Waals surface area contributed by atoms with Crippen LogP contribution < -0.4 is 15.0 Å². The van der Waals surface area contributed by atoms with Gasteiger partial charge in [0, 0.05) is 25.0 Å². The van der Waals surface area contributed by atoms with E-state index in [0.717, 1.165) is 30.3 Å². The smallest absolute Gasteiger partial charge is 0.229 e. The predicted molar refractivity (Wildman–Crippen MR) is 81.9 cm³/mol. The monoisotopic (exact) mass is 272 g/mol. The molecule has 20 heavy (non-hydrogen) atoms. The maximum atomic E-state index is 5.13. The van der Waals surface area contributed by atoms with Gasteiger partial charge in [-0.2, -0.15) is 4.98 Å². The Morgan fingerprint density at radius 3 is 2.40 bits per heavy atom. The maximum absolute atomic E-state index is 5.13. The Bertz CT molecular complexity index is 538. The van der Waals surface area contributed by atoms with Gasteiger partial charge in [0.2, 0.25) is 5.95 Å². The third kappa shape index (κ3) is 3.38. The van der Waals surface area contributed by atoms with Crippen LogP contribution in [0.4, 0.5) is 17.5 Å². The van der Waals surface area contributed by atoms with Gasteiger partial charge in [0.05, 0.1) is 7.11 Å². The Morgan fingerprint density at radius 2 is 1.80 bits per heavy atom. The van der Waals surface area contributed by atoms with Crippen LogP contribution in [0.3, 0.4) is 0 Å². The third-order valence-corrected chi connectivity index (χ3v) is 3.07. The van der Waals surface area contributed by atoms with E-state index in [1.54, 1.807) is 13.3 Å². The SMILES string of the molecule is CCN(CC)c1ccnc(Nc2ccc(OC)cc2)n1. The number of hydrogen-bond acceptors (Lipinski definition) is 5. The van der Waals surface area contributed by atoms with Crippen LogP contribution in [0.15, 0.2) is 36.5 Å². The second kappa shape index (κ2) is 6.75. The molecule has 0 amide bonds. The molecule has 2 aromatic rings. The summed E-state index contributed by atoms with van der Waals surface area (Å²) in [6, 6.07) is 9.60. The van der Waals surface area contributed by atoms with E-state index >= 15 is 0 Å². The lowest BCUT2D eigenvalue weighted by atomic mass is 10.3. The molecule has 5 nitrogen and oxygen atoms in total. The lowest BCUT2D eigenvalue weighted by Gasteiger charge is -2.19. The van der Waals surface area contributed by atoms with Crippen LogP contribution in [-0.2, 0) is 0 Å². The molecule has 0 atom stereocenters. The van der Waals surface area contributed by atoms with Crippen LogP contribution in [0.5, 0.6) is 5.75 Å². The van der Waals surface area contributed by atoms with Gasteiger partial charge >= 0.3 is 0 Å². The first kappa shape index (κ1) is 14.1. The van der Waals surface area contributed by atoms with Gasteiger partial charge in [0.25, 0.3) is 0 Å². The van der Waals surface area contributed by atoms with Crippen molar-refractivity contribution in [1.82, 2.24) is 9.97 Å². The number of rotatable bonds is 6. The summed E-state index contributed by atoms with van der Waals surface area (Å²) >= 11 is 0. The second-order valence-corrected chi connectivity index (χ2v) is 4.26. The van der Waals surface area contributed by atoms with Crippen molar-refractivity contribution >= 4 is 17.5 Å². The number of nitrogens with one attached hydrogen (secondary N) is 1. The van der Waals surface area contributed by atoms with Crippen LogP contribution >= 0.6 is 0 Å². The van der Waals surface area contributed by atoms with E-state index in [9.17, 15) is 0 Å². The Labute approximate surface area is 119 Å². The molecule has 0 unspecified atom stereocenters. The van der Waals surface area contributed by atoms with Crippen molar-refractivity contribution in [3.63, 3.8) is 0 Å². The van der Waals surface area contributed by atoms with Gasteiger partial charge in [-0.15, -0.1) is 0 Å². The van der Waals surface area contributed by atoms with Crippen molar-refractivity contribution in [2.75, 3.05) is 30.4 Å². The highest BCUT2D eigenvalue weighted by Crippen LogP contribution is 2.19. The van der Waals surface area contributed by atoms with Gasteiger partial charge in [0.15, 0.2) is 0 Å². The van der Waals surface area contributed by atoms with Gasteiger partial charge in [-0.25, -0.2) is 4.98 Å². The van der Waals surface area contributed by atoms with Crippen molar-refractivity contribution in [2.24, 2.45) is 0 Å². The molecule has 5 heteroatoms. The summed E-state index contributed by atoms with van der Waals surface area (Å²) < 4.78 is 5.13. The van der Waals surface area contributed by atoms with Gasteiger partial charge in [-0.1, -0.05) is 0 Å². The van der Waals surface area contributed by atoms with Crippen molar-refractivity contribution in [1.29, 1.82) is 0 Å². The zero-order valence-electron chi connectivity index (χ0n) is 12.1. The van der Waals surface area contributed by atoms with E-state index in [4.69, 9.17) is 4.74 Å². The van der Waals surface area contributed by atoms with Gasteiger partial charge in [-0.05, 0) is 44.2 Å². The summed E-state index contributed by atoms with van der Waals surface area (Å²) in [5, 5.41) is 3.19. The fraction of sp³-hybridized carbons (Fsp3) is 0.333. The summed E-state index contributed by atoms with van der Waals surface area (Å²) in [6.07, 6.45) is 1.77. The van der Waals surface area contributed by atoms with E-state index in [1.165, 1.54) is 0 Å². The first-order valence-electron chi connectivity index (χ1n) is 6.76. The molecule has 0 fully saturated rings. The zero-order chi connectivity index (χ0) is 14.4. The molecule has 0 saturated heterocycles. The van der Waals surface area contributed by atoms with E-state index in [0.29, 0.717) is 5.95 Å². The number of aromatic nitrogens is 2. The number of benzene rings is 1. The molecule has 1 N–H and O–H groups in total. The largest absolute Gasteiger partial charge is 0.497 e. The molecule has 0 bridgehead atoms. The highest BCUT2D eigenvalue weighted by molar-refractivity contribution is 5.56. The van der Waals surface area contributed by atoms with Crippen LogP contribution in [0.25, 0.3) is 0 Å². The predicted octanol–water partition coefficient (Wildman–Crippen LogP) is 3.08. The Kier molecular flexibility index (Phi) is 4.76. The quantitative estimate of drug-likeness (QED) is 0.875. The minimum absolute atomic E-state index is 0.597. The van der Waals surface area contributed by atoms with Crippen molar-refractivity contribution in [3.05, 3.63) is 36.5 Å². The average Bonchev–Trinajstić information content (AvgIpc) is 2.50. The first-order valence-corrected chi connectivity index (χ1v) is 6.76. The summed E-state index contributed by atoms with van der Waals surface area (Å²) in [5.41, 5.74) is 0.933. The molecule has 0 spiro atoms. The molecular formula is C15H20N4O. The Morgan fingerprint density at radius 1 is 1.10 bits per heavy atom. The topological polar surface area (TPSA) is 50.3 Å². The normalized spacial score (nSPS) is 10.2. The molecule has 1 heterocycles. The molecule has 0 radical (unpaired) electrons. The highest BCUT2D eigenvalue weighted by Gasteiger charge is 2.05. The summed E-state index contributed by atoms with van der Waals surface area (Å²) in [7, 11) is 1.65. The number of hydrogen-bond donors (Lipinski definition) is 1. The van der Waals surface area contributed by atoms with Crippen molar-refractivity contribution in [3.8, 4) is 5.75 Å². The lowest BCUT2D eigenvalue weighted by Crippen LogP contribution is -2.23. The molecule has 0 aliphatic heterocycles. The number of nitrogens with zero attached hydrogens (tertiary/aromatic N) is 3. The average molecular weight is 272 g/mol. The van der Waals surface area contributed by atoms with Gasteiger partial charge < -0.3 is 15.0 Å². The number of methoxy groups -OCH3 is 1. The Balaban J connectivity index is 2.14. The number of ether oxygens (including phenoxy) is 1. The molecule has 0 aliphatic rings. The van der Waals surface area contributed by atoms with E-state index < -0.39 is 0 Å². The molecule has 1 aromatic heterocycles. The molecular weight excluding hydrogens is 252 g/mol. The molecule has 0 saturated carbocycles. The lowest BCUT2D eigenvalue weighted by molar-refractivity contribution is 0.415. The summed E-state index contributed by atoms with van der Waals surface area (Å²) in [5.74, 6) is 2.36. The van der Waals surface area contributed by atoms with Crippen LogP contribution in [0.2, 0.25) is 0 Å². The standard InChI is InChI=1S/C15H20N4O/c1-4-19(5-2)14-10-11-16-15(18-14)17-12-6-8-13(20-3)9-7-12/h6-11H,4-5H2,1-3H3,(H,16,17,18). The minimum atomic E-state index is 0.597. The second-order valence-electron chi connectivity index (χ2n) is 4.26. The van der Waals surface area contributed by atoms with E-state index in [2.05, 4.69) is 34.0 Å². The molecule has 2 rings (SSSR count). The van der Waals surface area contributed by atoms with Gasteiger partial charge in [-0.3, -0.25) is 0 Å². The summed E-state index contributed by atoms with van der Waals surface area (Å²) in [6.45, 7) is 6.08. The minimum Gasteiger partial charge on any atom is -0.497 e. The summed E-state index contributed by atoms with van der Waals surface area (Å²) in [4.78, 5) is 11.0. The van der Waals surface area contributed by atoms with Crippen molar-refractivity contribution in [2.45, 2.75) is 13.8 Å². The van der Waals surface area contributed by atoms with E-state index in [-0.39, 0.29) is 0 Å². The van der Waals surface area contributed by atoms with E-state index in [1.807, 2.05) is 30.3 Å². The fourth-order valence-corrected chi connectivity index (χ4v) is 1.94. The first-order chi connectivity index (χ1) is 9.76. The Hall–Kier alpha value is -2.30. The zero-order valence-corrected chi connectivity index (χ0v) is 12.1. The maximum Gasteiger partial charge on any atom is 0.229 e. The van der Waals surface area contributed by atoms with Crippen molar-refractivity contribution < 1.29 is 4.74 Å². The fourth-order valence-electron chi connectivity index (χ4n) is 1.94. The number of anilines is 3. The van der Waals surface area contributed by atoms with Crippen LogP contribution in [0, 0.1) is 0 Å². The van der Waals surface area contributed by atoms with Crippen LogP contribution in [-0.4, -0.2) is 30.2 Å². The van der Waals surface area contributed by atoms with Gasteiger partial charge in [0.1, 0.15) is 11.6 Å². The third-order valence-electron chi connectivity index (χ3n) is 3.07. The molecule has 0 aliphatic carbocycles. The van der Waals surface area contributed by atoms with Crippen LogP contribution in [0.1, 0.15) is 13.8 Å².